The largest absolute Gasteiger partial charge is 0.361 e. The van der Waals surface area contributed by atoms with E-state index in [4.69, 9.17) is 4.52 Å². The fourth-order valence-corrected chi connectivity index (χ4v) is 2.25. The maximum Gasteiger partial charge on any atom is 0.276 e. The highest BCUT2D eigenvalue weighted by Crippen LogP contribution is 2.14. The summed E-state index contributed by atoms with van der Waals surface area (Å²) >= 11 is 0. The number of nitrogens with zero attached hydrogens (tertiary/aromatic N) is 4. The van der Waals surface area contributed by atoms with Crippen molar-refractivity contribution >= 4 is 16.9 Å². The van der Waals surface area contributed by atoms with E-state index < -0.39 is 0 Å². The van der Waals surface area contributed by atoms with Gasteiger partial charge in [-0.1, -0.05) is 18.1 Å². The van der Waals surface area contributed by atoms with Gasteiger partial charge in [-0.15, -0.1) is 0 Å². The predicted octanol–water partition coefficient (Wildman–Crippen LogP) is 2.44. The molecule has 0 fully saturated rings. The maximum atomic E-state index is 12.3. The molecular formula is C15H16N4O3. The summed E-state index contributed by atoms with van der Waals surface area (Å²) in [7, 11) is 1.72. The van der Waals surface area contributed by atoms with Crippen molar-refractivity contribution < 1.29 is 13.9 Å². The third-order valence-electron chi connectivity index (χ3n) is 3.36. The van der Waals surface area contributed by atoms with Gasteiger partial charge in [0.05, 0.1) is 0 Å². The Balaban J connectivity index is 1.71. The molecule has 2 aromatic heterocycles. The SMILES string of the molecule is CCCc1cc(C(=O)N(C)Cc2ccc3nonc3c2)no1. The van der Waals surface area contributed by atoms with Crippen LogP contribution in [0, 0.1) is 0 Å². The first-order valence-corrected chi connectivity index (χ1v) is 7.09. The molecule has 0 bridgehead atoms. The van der Waals surface area contributed by atoms with Crippen LogP contribution in [0.15, 0.2) is 33.4 Å². The number of hydrogen-bond acceptors (Lipinski definition) is 6. The quantitative estimate of drug-likeness (QED) is 0.719. The van der Waals surface area contributed by atoms with Gasteiger partial charge in [-0.05, 0) is 34.4 Å². The zero-order valence-electron chi connectivity index (χ0n) is 12.4. The Morgan fingerprint density at radius 2 is 2.00 bits per heavy atom. The number of carbonyl (C=O) groups excluding carboxylic acids is 1. The van der Waals surface area contributed by atoms with Crippen molar-refractivity contribution in [2.75, 3.05) is 7.05 Å². The Morgan fingerprint density at radius 1 is 1.18 bits per heavy atom. The van der Waals surface area contributed by atoms with Gasteiger partial charge in [0.15, 0.2) is 5.69 Å². The summed E-state index contributed by atoms with van der Waals surface area (Å²) in [6, 6.07) is 7.25. The average Bonchev–Trinajstić information content (AvgIpc) is 3.15. The Bertz CT molecular complexity index is 793. The molecule has 0 atom stereocenters. The average molecular weight is 300 g/mol. The second-order valence-electron chi connectivity index (χ2n) is 5.18. The van der Waals surface area contributed by atoms with Crippen molar-refractivity contribution in [2.24, 2.45) is 0 Å². The van der Waals surface area contributed by atoms with Gasteiger partial charge in [-0.2, -0.15) is 0 Å². The molecule has 22 heavy (non-hydrogen) atoms. The minimum absolute atomic E-state index is 0.176. The molecule has 1 amide bonds. The molecule has 3 aromatic rings. The van der Waals surface area contributed by atoms with Crippen molar-refractivity contribution in [2.45, 2.75) is 26.3 Å². The fourth-order valence-electron chi connectivity index (χ4n) is 2.25. The molecule has 0 spiro atoms. The Kier molecular flexibility index (Phi) is 3.86. The highest BCUT2D eigenvalue weighted by molar-refractivity contribution is 5.92. The molecule has 1 aromatic carbocycles. The minimum atomic E-state index is -0.176. The molecule has 0 saturated carbocycles. The number of aromatic nitrogens is 3. The summed E-state index contributed by atoms with van der Waals surface area (Å²) in [6.45, 7) is 2.49. The van der Waals surface area contributed by atoms with Crippen molar-refractivity contribution in [3.8, 4) is 0 Å². The van der Waals surface area contributed by atoms with Gasteiger partial charge in [0, 0.05) is 26.1 Å². The Labute approximate surface area is 126 Å². The Hall–Kier alpha value is -2.70. The molecule has 0 N–H and O–H groups in total. The van der Waals surface area contributed by atoms with Gasteiger partial charge in [0.1, 0.15) is 16.8 Å². The topological polar surface area (TPSA) is 85.3 Å². The van der Waals surface area contributed by atoms with Gasteiger partial charge in [0.2, 0.25) is 0 Å². The predicted molar refractivity (Wildman–Crippen MR) is 78.1 cm³/mol. The van der Waals surface area contributed by atoms with Gasteiger partial charge < -0.3 is 9.42 Å². The molecule has 3 rings (SSSR count). The van der Waals surface area contributed by atoms with Crippen LogP contribution in [-0.2, 0) is 13.0 Å². The smallest absolute Gasteiger partial charge is 0.276 e. The summed E-state index contributed by atoms with van der Waals surface area (Å²) < 4.78 is 9.81. The molecular weight excluding hydrogens is 284 g/mol. The van der Waals surface area contributed by atoms with E-state index in [2.05, 4.69) is 20.1 Å². The number of amides is 1. The van der Waals surface area contributed by atoms with Crippen LogP contribution in [0.3, 0.4) is 0 Å². The van der Waals surface area contributed by atoms with Crippen molar-refractivity contribution in [3.63, 3.8) is 0 Å². The number of benzene rings is 1. The lowest BCUT2D eigenvalue weighted by molar-refractivity contribution is 0.0774. The third kappa shape index (κ3) is 2.83. The lowest BCUT2D eigenvalue weighted by atomic mass is 10.2. The molecule has 0 aliphatic rings. The zero-order valence-corrected chi connectivity index (χ0v) is 12.4. The first-order chi connectivity index (χ1) is 10.7. The molecule has 0 aliphatic carbocycles. The van der Waals surface area contributed by atoms with Gasteiger partial charge in [0.25, 0.3) is 5.91 Å². The standard InChI is InChI=1S/C15H16N4O3/c1-3-4-11-8-14(16-21-11)15(20)19(2)9-10-5-6-12-13(7-10)18-22-17-12/h5-8H,3-4,9H2,1-2H3. The van der Waals surface area contributed by atoms with Crippen molar-refractivity contribution in [3.05, 3.63) is 41.3 Å². The van der Waals surface area contributed by atoms with E-state index in [0.29, 0.717) is 23.3 Å². The van der Waals surface area contributed by atoms with Crippen molar-refractivity contribution in [1.82, 2.24) is 20.4 Å². The van der Waals surface area contributed by atoms with E-state index in [0.717, 1.165) is 24.2 Å². The van der Waals surface area contributed by atoms with E-state index in [1.54, 1.807) is 18.0 Å². The van der Waals surface area contributed by atoms with Crippen LogP contribution in [-0.4, -0.2) is 33.3 Å². The van der Waals surface area contributed by atoms with E-state index >= 15 is 0 Å². The summed E-state index contributed by atoms with van der Waals surface area (Å²) in [5.41, 5.74) is 2.63. The molecule has 7 heteroatoms. The van der Waals surface area contributed by atoms with Crippen LogP contribution in [0.25, 0.3) is 11.0 Å². The zero-order chi connectivity index (χ0) is 15.5. The van der Waals surface area contributed by atoms with E-state index in [1.165, 1.54) is 0 Å². The van der Waals surface area contributed by atoms with E-state index in [9.17, 15) is 4.79 Å². The monoisotopic (exact) mass is 300 g/mol. The van der Waals surface area contributed by atoms with Gasteiger partial charge >= 0.3 is 0 Å². The van der Waals surface area contributed by atoms with Crippen LogP contribution in [0.5, 0.6) is 0 Å². The molecule has 0 unspecified atom stereocenters. The Morgan fingerprint density at radius 3 is 2.82 bits per heavy atom. The first-order valence-electron chi connectivity index (χ1n) is 7.09. The molecule has 0 saturated heterocycles. The van der Waals surface area contributed by atoms with Crippen LogP contribution in [0.1, 0.15) is 35.2 Å². The van der Waals surface area contributed by atoms with Gasteiger partial charge in [-0.25, -0.2) is 4.63 Å². The van der Waals surface area contributed by atoms with Crippen LogP contribution < -0.4 is 0 Å². The summed E-state index contributed by atoms with van der Waals surface area (Å²) in [5, 5.41) is 11.4. The van der Waals surface area contributed by atoms with Crippen LogP contribution >= 0.6 is 0 Å². The molecule has 0 aliphatic heterocycles. The lowest BCUT2D eigenvalue weighted by Crippen LogP contribution is -2.26. The van der Waals surface area contributed by atoms with Crippen LogP contribution in [0.4, 0.5) is 0 Å². The first kappa shape index (κ1) is 14.2. The van der Waals surface area contributed by atoms with E-state index in [1.807, 2.05) is 25.1 Å². The maximum absolute atomic E-state index is 12.3. The van der Waals surface area contributed by atoms with Crippen LogP contribution in [0.2, 0.25) is 0 Å². The van der Waals surface area contributed by atoms with E-state index in [-0.39, 0.29) is 5.91 Å². The molecule has 2 heterocycles. The normalized spacial score (nSPS) is 11.0. The lowest BCUT2D eigenvalue weighted by Gasteiger charge is -2.15. The number of rotatable bonds is 5. The number of hydrogen-bond donors (Lipinski definition) is 0. The summed E-state index contributed by atoms with van der Waals surface area (Å²) in [6.07, 6.45) is 1.73. The number of fused-ring (bicyclic) bond motifs is 1. The fraction of sp³-hybridized carbons (Fsp3) is 0.333. The number of carbonyl (C=O) groups is 1. The highest BCUT2D eigenvalue weighted by atomic mass is 16.6. The molecule has 0 radical (unpaired) electrons. The van der Waals surface area contributed by atoms with Gasteiger partial charge in [-0.3, -0.25) is 4.79 Å². The summed E-state index contributed by atoms with van der Waals surface area (Å²) in [5.74, 6) is 0.554. The highest BCUT2D eigenvalue weighted by Gasteiger charge is 2.17. The van der Waals surface area contributed by atoms with Crippen molar-refractivity contribution in [1.29, 1.82) is 0 Å². The summed E-state index contributed by atoms with van der Waals surface area (Å²) in [4.78, 5) is 13.9. The minimum Gasteiger partial charge on any atom is -0.361 e. The second-order valence-corrected chi connectivity index (χ2v) is 5.18. The second kappa shape index (κ2) is 5.97. The molecule has 114 valence electrons. The third-order valence-corrected chi connectivity index (χ3v) is 3.36. The molecule has 7 nitrogen and oxygen atoms in total. The number of aryl methyl sites for hydroxylation is 1.